The van der Waals surface area contributed by atoms with Crippen LogP contribution in [0.3, 0.4) is 0 Å². The first kappa shape index (κ1) is 11.1. The lowest BCUT2D eigenvalue weighted by atomic mass is 10.1. The fraction of sp³-hybridized carbons (Fsp3) is 0.538. The van der Waals surface area contributed by atoms with Crippen molar-refractivity contribution in [3.05, 3.63) is 28.8 Å². The summed E-state index contributed by atoms with van der Waals surface area (Å²) in [6, 6.07) is 4.32. The molecule has 0 aliphatic rings. The summed E-state index contributed by atoms with van der Waals surface area (Å²) in [5.41, 5.74) is 3.61. The highest BCUT2D eigenvalue weighted by molar-refractivity contribution is 5.43. The van der Waals surface area contributed by atoms with Crippen molar-refractivity contribution in [3.63, 3.8) is 0 Å². The Morgan fingerprint density at radius 3 is 1.71 bits per heavy atom. The summed E-state index contributed by atoms with van der Waals surface area (Å²) < 4.78 is 5.92. The van der Waals surface area contributed by atoms with E-state index in [0.29, 0.717) is 0 Å². The standard InChI is InChI=1S/C13H20O/c1-9-7-10(2)12(11(3)8-9)14-13(4,5)6/h7-8H,1-6H3. The van der Waals surface area contributed by atoms with Gasteiger partial charge in [-0.3, -0.25) is 0 Å². The molecule has 0 aliphatic heterocycles. The van der Waals surface area contributed by atoms with Gasteiger partial charge in [0.1, 0.15) is 11.4 Å². The van der Waals surface area contributed by atoms with Gasteiger partial charge >= 0.3 is 0 Å². The third-order valence-corrected chi connectivity index (χ3v) is 2.01. The molecule has 0 saturated carbocycles. The average molecular weight is 192 g/mol. The molecule has 0 unspecified atom stereocenters. The Balaban J connectivity index is 3.09. The van der Waals surface area contributed by atoms with Crippen molar-refractivity contribution in [3.8, 4) is 5.75 Å². The van der Waals surface area contributed by atoms with Crippen molar-refractivity contribution in [2.45, 2.75) is 47.1 Å². The maximum atomic E-state index is 5.92. The minimum absolute atomic E-state index is 0.120. The van der Waals surface area contributed by atoms with Gasteiger partial charge in [-0.2, -0.15) is 0 Å². The summed E-state index contributed by atoms with van der Waals surface area (Å²) >= 11 is 0. The van der Waals surface area contributed by atoms with Crippen molar-refractivity contribution in [1.82, 2.24) is 0 Å². The Morgan fingerprint density at radius 2 is 1.36 bits per heavy atom. The Hall–Kier alpha value is -0.980. The minimum Gasteiger partial charge on any atom is -0.488 e. The van der Waals surface area contributed by atoms with E-state index in [2.05, 4.69) is 53.7 Å². The number of hydrogen-bond acceptors (Lipinski definition) is 1. The van der Waals surface area contributed by atoms with Crippen LogP contribution in [0.5, 0.6) is 5.75 Å². The number of aryl methyl sites for hydroxylation is 3. The normalized spacial score (nSPS) is 11.6. The van der Waals surface area contributed by atoms with E-state index in [1.807, 2.05) is 0 Å². The van der Waals surface area contributed by atoms with Crippen molar-refractivity contribution in [2.24, 2.45) is 0 Å². The summed E-state index contributed by atoms with van der Waals surface area (Å²) in [4.78, 5) is 0. The zero-order chi connectivity index (χ0) is 10.9. The Labute approximate surface area is 87.1 Å². The lowest BCUT2D eigenvalue weighted by molar-refractivity contribution is 0.128. The molecule has 14 heavy (non-hydrogen) atoms. The van der Waals surface area contributed by atoms with Gasteiger partial charge in [0.15, 0.2) is 0 Å². The molecule has 1 nitrogen and oxygen atoms in total. The Bertz CT molecular complexity index is 309. The molecule has 78 valence electrons. The van der Waals surface area contributed by atoms with Crippen molar-refractivity contribution >= 4 is 0 Å². The first-order chi connectivity index (χ1) is 6.29. The second-order valence-corrected chi connectivity index (χ2v) is 4.94. The fourth-order valence-electron chi connectivity index (χ4n) is 1.63. The first-order valence-electron chi connectivity index (χ1n) is 5.06. The average Bonchev–Trinajstić information content (AvgIpc) is 1.95. The molecule has 0 radical (unpaired) electrons. The minimum atomic E-state index is -0.120. The molecule has 0 atom stereocenters. The third-order valence-electron chi connectivity index (χ3n) is 2.01. The summed E-state index contributed by atoms with van der Waals surface area (Å²) in [7, 11) is 0. The van der Waals surface area contributed by atoms with Gasteiger partial charge in [-0.05, 0) is 52.7 Å². The van der Waals surface area contributed by atoms with Crippen LogP contribution < -0.4 is 4.74 Å². The van der Waals surface area contributed by atoms with Crippen molar-refractivity contribution in [1.29, 1.82) is 0 Å². The van der Waals surface area contributed by atoms with Gasteiger partial charge < -0.3 is 4.74 Å². The molecule has 1 aromatic carbocycles. The molecule has 1 rings (SSSR count). The first-order valence-corrected chi connectivity index (χ1v) is 5.06. The summed E-state index contributed by atoms with van der Waals surface area (Å²) in [5.74, 6) is 1.03. The molecule has 0 bridgehead atoms. The SMILES string of the molecule is Cc1cc(C)c(OC(C)(C)C)c(C)c1. The highest BCUT2D eigenvalue weighted by Crippen LogP contribution is 2.27. The van der Waals surface area contributed by atoms with E-state index >= 15 is 0 Å². The lowest BCUT2D eigenvalue weighted by Crippen LogP contribution is -2.24. The zero-order valence-electron chi connectivity index (χ0n) is 10.1. The maximum Gasteiger partial charge on any atom is 0.125 e. The smallest absolute Gasteiger partial charge is 0.125 e. The van der Waals surface area contributed by atoms with Crippen molar-refractivity contribution < 1.29 is 4.74 Å². The molecule has 1 aromatic rings. The molecule has 0 N–H and O–H groups in total. The number of rotatable bonds is 1. The topological polar surface area (TPSA) is 9.23 Å². The van der Waals surface area contributed by atoms with E-state index in [4.69, 9.17) is 4.74 Å². The zero-order valence-corrected chi connectivity index (χ0v) is 10.1. The highest BCUT2D eigenvalue weighted by Gasteiger charge is 2.15. The van der Waals surface area contributed by atoms with Gasteiger partial charge in [-0.15, -0.1) is 0 Å². The number of ether oxygens (including phenoxy) is 1. The van der Waals surface area contributed by atoms with E-state index < -0.39 is 0 Å². The van der Waals surface area contributed by atoms with Crippen LogP contribution in [-0.2, 0) is 0 Å². The van der Waals surface area contributed by atoms with Gasteiger partial charge in [-0.25, -0.2) is 0 Å². The van der Waals surface area contributed by atoms with Crippen LogP contribution in [0.2, 0.25) is 0 Å². The van der Waals surface area contributed by atoms with Crippen LogP contribution in [0.4, 0.5) is 0 Å². The van der Waals surface area contributed by atoms with E-state index in [1.54, 1.807) is 0 Å². The molecular formula is C13H20O. The second kappa shape index (κ2) is 3.64. The molecule has 1 heteroatoms. The largest absolute Gasteiger partial charge is 0.488 e. The number of benzene rings is 1. The molecule has 0 amide bonds. The Morgan fingerprint density at radius 1 is 0.929 bits per heavy atom. The van der Waals surface area contributed by atoms with Gasteiger partial charge in [0.05, 0.1) is 0 Å². The highest BCUT2D eigenvalue weighted by atomic mass is 16.5. The van der Waals surface area contributed by atoms with Crippen LogP contribution in [-0.4, -0.2) is 5.60 Å². The molecule has 0 aliphatic carbocycles. The maximum absolute atomic E-state index is 5.92. The second-order valence-electron chi connectivity index (χ2n) is 4.94. The quantitative estimate of drug-likeness (QED) is 0.657. The molecule has 0 spiro atoms. The van der Waals surface area contributed by atoms with Crippen LogP contribution in [0.15, 0.2) is 12.1 Å². The van der Waals surface area contributed by atoms with Crippen LogP contribution >= 0.6 is 0 Å². The van der Waals surface area contributed by atoms with Gasteiger partial charge in [-0.1, -0.05) is 17.7 Å². The molecular weight excluding hydrogens is 172 g/mol. The fourth-order valence-corrected chi connectivity index (χ4v) is 1.63. The van der Waals surface area contributed by atoms with E-state index in [1.165, 1.54) is 16.7 Å². The summed E-state index contributed by atoms with van der Waals surface area (Å²) in [6.07, 6.45) is 0. The van der Waals surface area contributed by atoms with Gasteiger partial charge in [0, 0.05) is 0 Å². The molecule has 0 heterocycles. The Kier molecular flexibility index (Phi) is 2.89. The van der Waals surface area contributed by atoms with Crippen LogP contribution in [0, 0.1) is 20.8 Å². The van der Waals surface area contributed by atoms with Crippen molar-refractivity contribution in [2.75, 3.05) is 0 Å². The predicted molar refractivity (Wildman–Crippen MR) is 61.0 cm³/mol. The number of hydrogen-bond donors (Lipinski definition) is 0. The predicted octanol–water partition coefficient (Wildman–Crippen LogP) is 3.79. The monoisotopic (exact) mass is 192 g/mol. The molecule has 0 saturated heterocycles. The van der Waals surface area contributed by atoms with Gasteiger partial charge in [0.25, 0.3) is 0 Å². The third kappa shape index (κ3) is 2.76. The van der Waals surface area contributed by atoms with E-state index in [0.717, 1.165) is 5.75 Å². The van der Waals surface area contributed by atoms with E-state index in [-0.39, 0.29) is 5.60 Å². The van der Waals surface area contributed by atoms with Crippen LogP contribution in [0.25, 0.3) is 0 Å². The summed E-state index contributed by atoms with van der Waals surface area (Å²) in [6.45, 7) is 12.5. The van der Waals surface area contributed by atoms with Crippen LogP contribution in [0.1, 0.15) is 37.5 Å². The lowest BCUT2D eigenvalue weighted by Gasteiger charge is -2.24. The van der Waals surface area contributed by atoms with E-state index in [9.17, 15) is 0 Å². The molecule has 0 aromatic heterocycles. The molecule has 0 fully saturated rings. The van der Waals surface area contributed by atoms with Gasteiger partial charge in [0.2, 0.25) is 0 Å². The summed E-state index contributed by atoms with van der Waals surface area (Å²) in [5, 5.41) is 0.